The van der Waals surface area contributed by atoms with Gasteiger partial charge in [-0.25, -0.2) is 4.79 Å². The maximum Gasteiger partial charge on any atom is 0.353 e. The molecule has 0 aliphatic carbocycles. The third kappa shape index (κ3) is 4.28. The molecule has 0 aromatic carbocycles. The highest BCUT2D eigenvalue weighted by Crippen LogP contribution is 2.46. The number of carboxylic acid groups (broad SMARTS) is 1. The molecule has 0 saturated carbocycles. The van der Waals surface area contributed by atoms with Gasteiger partial charge < -0.3 is 26.2 Å². The van der Waals surface area contributed by atoms with E-state index in [1.807, 2.05) is 0 Å². The van der Waals surface area contributed by atoms with Gasteiger partial charge in [-0.2, -0.15) is 0 Å². The van der Waals surface area contributed by atoms with E-state index in [1.165, 1.54) is 23.6 Å². The molecule has 0 spiro atoms. The van der Waals surface area contributed by atoms with E-state index in [1.54, 1.807) is 0 Å². The zero-order valence-electron chi connectivity index (χ0n) is 13.5. The highest BCUT2D eigenvalue weighted by Gasteiger charge is 2.56. The number of thioether (sulfide) groups is 2. The summed E-state index contributed by atoms with van der Waals surface area (Å²) in [7, 11) is 0. The van der Waals surface area contributed by atoms with Crippen LogP contribution in [0.2, 0.25) is 0 Å². The Hall–Kier alpha value is -1.72. The van der Waals surface area contributed by atoms with Crippen LogP contribution in [0.4, 0.5) is 0 Å². The quantitative estimate of drug-likeness (QED) is 0.159. The number of hydrogen-bond acceptors (Lipinski definition) is 7. The topological polar surface area (TPSA) is 157 Å². The highest BCUT2D eigenvalue weighted by molar-refractivity contribution is 8.14. The fourth-order valence-electron chi connectivity index (χ4n) is 2.92. The van der Waals surface area contributed by atoms with Gasteiger partial charge >= 0.3 is 5.97 Å². The summed E-state index contributed by atoms with van der Waals surface area (Å²) < 4.78 is 0. The van der Waals surface area contributed by atoms with Crippen LogP contribution >= 0.6 is 23.5 Å². The maximum absolute atomic E-state index is 12.1. The van der Waals surface area contributed by atoms with E-state index >= 15 is 0 Å². The lowest BCUT2D eigenvalue weighted by molar-refractivity contribution is -0.161. The molecule has 1 saturated heterocycles. The number of amidine groups is 1. The zero-order valence-corrected chi connectivity index (χ0v) is 15.2. The zero-order chi connectivity index (χ0) is 18.7. The predicted octanol–water partition coefficient (Wildman–Crippen LogP) is -0.630. The normalized spacial score (nSPS) is 23.1. The lowest BCUT2D eigenvalue weighted by Crippen LogP contribution is -2.61. The van der Waals surface area contributed by atoms with Gasteiger partial charge in [0.25, 0.3) is 0 Å². The van der Waals surface area contributed by atoms with E-state index in [2.05, 4.69) is 5.32 Å². The number of fused-ring (bicyclic) bond motifs is 1. The lowest BCUT2D eigenvalue weighted by Gasteiger charge is -2.44. The van der Waals surface area contributed by atoms with Gasteiger partial charge in [-0.3, -0.25) is 15.0 Å². The summed E-state index contributed by atoms with van der Waals surface area (Å²) in [5.41, 5.74) is 5.13. The molecule has 11 heteroatoms. The van der Waals surface area contributed by atoms with Crippen LogP contribution in [-0.4, -0.2) is 68.3 Å². The van der Waals surface area contributed by atoms with E-state index in [-0.39, 0.29) is 34.5 Å². The Bertz CT molecular complexity index is 637. The molecule has 3 atom stereocenters. The summed E-state index contributed by atoms with van der Waals surface area (Å²) in [6.07, 6.45) is -0.409. The molecule has 2 heterocycles. The van der Waals surface area contributed by atoms with Gasteiger partial charge in [0, 0.05) is 23.6 Å². The Morgan fingerprint density at radius 3 is 2.76 bits per heavy atom. The molecule has 138 valence electrons. The van der Waals surface area contributed by atoms with Gasteiger partial charge in [0.2, 0.25) is 11.8 Å². The number of rotatable bonds is 8. The van der Waals surface area contributed by atoms with E-state index in [4.69, 9.17) is 11.1 Å². The van der Waals surface area contributed by atoms with Crippen molar-refractivity contribution in [1.82, 2.24) is 10.2 Å². The van der Waals surface area contributed by atoms with Crippen LogP contribution in [0.15, 0.2) is 10.6 Å². The number of β-lactam (4-membered cyclic amide) rings is 1. The van der Waals surface area contributed by atoms with Gasteiger partial charge in [-0.1, -0.05) is 11.8 Å². The summed E-state index contributed by atoms with van der Waals surface area (Å²) in [5, 5.41) is 28.6. The Labute approximate surface area is 152 Å². The Morgan fingerprint density at radius 1 is 1.52 bits per heavy atom. The lowest BCUT2D eigenvalue weighted by atomic mass is 9.83. The molecule has 2 amide bonds. The molecule has 1 fully saturated rings. The standard InChI is InChI=1S/C14H20N4O5S2/c1-6(19)10-7-4-8(11(13(22)23)18(7)12(10)21)24-3-2-17-9(20)5-25-14(15)16/h6-7,10,19H,2-5H2,1H3,(H3,15,16)(H,17,20)(H,22,23)/t6-,7-,10-/m1/s1. The van der Waals surface area contributed by atoms with Gasteiger partial charge in [-0.15, -0.1) is 11.8 Å². The molecular formula is C14H20N4O5S2. The molecule has 0 aromatic heterocycles. The molecule has 0 radical (unpaired) electrons. The molecule has 2 aliphatic rings. The van der Waals surface area contributed by atoms with Crippen molar-refractivity contribution in [2.45, 2.75) is 25.5 Å². The minimum atomic E-state index is -1.16. The van der Waals surface area contributed by atoms with Gasteiger partial charge in [0.05, 0.1) is 23.8 Å². The van der Waals surface area contributed by atoms with Crippen LogP contribution in [0.1, 0.15) is 13.3 Å². The van der Waals surface area contributed by atoms with Crippen molar-refractivity contribution < 1.29 is 24.6 Å². The van der Waals surface area contributed by atoms with Crippen LogP contribution in [0.25, 0.3) is 0 Å². The van der Waals surface area contributed by atoms with Crippen molar-refractivity contribution in [2.75, 3.05) is 18.1 Å². The number of carbonyl (C=O) groups is 3. The number of carboxylic acids is 1. The average Bonchev–Trinajstić information content (AvgIpc) is 2.83. The summed E-state index contributed by atoms with van der Waals surface area (Å²) in [6, 6.07) is -0.303. The van der Waals surface area contributed by atoms with E-state index in [9.17, 15) is 24.6 Å². The number of carbonyl (C=O) groups excluding carboxylic acids is 2. The fraction of sp³-hybridized carbons (Fsp3) is 0.571. The second-order valence-corrected chi connectivity index (χ2v) is 7.88. The van der Waals surface area contributed by atoms with Crippen molar-refractivity contribution in [2.24, 2.45) is 11.7 Å². The highest BCUT2D eigenvalue weighted by atomic mass is 32.2. The molecule has 2 aliphatic heterocycles. The molecule has 0 aromatic rings. The minimum absolute atomic E-state index is 0.0182. The van der Waals surface area contributed by atoms with Gasteiger partial charge in [0.15, 0.2) is 5.17 Å². The second-order valence-electron chi connectivity index (χ2n) is 5.67. The van der Waals surface area contributed by atoms with Crippen LogP contribution in [-0.2, 0) is 14.4 Å². The fourth-order valence-corrected chi connectivity index (χ4v) is 4.37. The van der Waals surface area contributed by atoms with Crippen molar-refractivity contribution in [1.29, 1.82) is 5.41 Å². The molecule has 25 heavy (non-hydrogen) atoms. The van der Waals surface area contributed by atoms with Gasteiger partial charge in [0.1, 0.15) is 5.70 Å². The van der Waals surface area contributed by atoms with Crippen LogP contribution in [0.5, 0.6) is 0 Å². The number of hydrogen-bond donors (Lipinski definition) is 5. The minimum Gasteiger partial charge on any atom is -0.477 e. The number of aliphatic carboxylic acids is 1. The van der Waals surface area contributed by atoms with Crippen LogP contribution in [0, 0.1) is 11.3 Å². The van der Waals surface area contributed by atoms with Crippen molar-refractivity contribution >= 4 is 46.5 Å². The number of nitrogens with one attached hydrogen (secondary N) is 2. The SMILES string of the molecule is C[C@@H](O)[C@H]1C(=O)N2C(C(=O)O)=C(SCCNC(=O)CSC(=N)N)C[C@H]12. The number of nitrogens with zero attached hydrogens (tertiary/aromatic N) is 1. The third-order valence-electron chi connectivity index (χ3n) is 3.95. The number of aliphatic hydroxyl groups excluding tert-OH is 1. The molecule has 0 bridgehead atoms. The predicted molar refractivity (Wildman–Crippen MR) is 94.9 cm³/mol. The molecule has 9 nitrogen and oxygen atoms in total. The first-order chi connectivity index (χ1) is 11.7. The Balaban J connectivity index is 1.87. The molecule has 2 rings (SSSR count). The first kappa shape index (κ1) is 19.6. The van der Waals surface area contributed by atoms with Crippen LogP contribution in [0.3, 0.4) is 0 Å². The summed E-state index contributed by atoms with van der Waals surface area (Å²) in [5.74, 6) is -1.82. The Morgan fingerprint density at radius 2 is 2.20 bits per heavy atom. The number of nitrogens with two attached hydrogens (primary N) is 1. The first-order valence-electron chi connectivity index (χ1n) is 7.58. The average molecular weight is 388 g/mol. The van der Waals surface area contributed by atoms with E-state index in [0.717, 1.165) is 11.8 Å². The van der Waals surface area contributed by atoms with Crippen molar-refractivity contribution in [3.8, 4) is 0 Å². The van der Waals surface area contributed by atoms with Crippen molar-refractivity contribution in [3.63, 3.8) is 0 Å². The smallest absolute Gasteiger partial charge is 0.353 e. The number of aliphatic hydroxyl groups is 1. The molecule has 0 unspecified atom stereocenters. The van der Waals surface area contributed by atoms with E-state index < -0.39 is 18.0 Å². The monoisotopic (exact) mass is 388 g/mol. The molecule has 6 N–H and O–H groups in total. The summed E-state index contributed by atoms with van der Waals surface area (Å²) in [6.45, 7) is 1.86. The van der Waals surface area contributed by atoms with E-state index in [0.29, 0.717) is 23.6 Å². The third-order valence-corrected chi connectivity index (χ3v) is 5.78. The first-order valence-corrected chi connectivity index (χ1v) is 9.55. The summed E-state index contributed by atoms with van der Waals surface area (Å²) in [4.78, 5) is 36.9. The van der Waals surface area contributed by atoms with Crippen LogP contribution < -0.4 is 11.1 Å². The second kappa shape index (κ2) is 8.11. The van der Waals surface area contributed by atoms with Gasteiger partial charge in [-0.05, 0) is 6.92 Å². The van der Waals surface area contributed by atoms with Crippen molar-refractivity contribution in [3.05, 3.63) is 10.6 Å². The molecular weight excluding hydrogens is 368 g/mol. The summed E-state index contributed by atoms with van der Waals surface area (Å²) >= 11 is 2.21. The number of amides is 2. The maximum atomic E-state index is 12.1. The Kier molecular flexibility index (Phi) is 6.36. The largest absolute Gasteiger partial charge is 0.477 e.